The highest BCUT2D eigenvalue weighted by Gasteiger charge is 2.06. The van der Waals surface area contributed by atoms with E-state index in [1.165, 1.54) is 13.0 Å². The van der Waals surface area contributed by atoms with Crippen LogP contribution in [0.4, 0.5) is 5.69 Å². The number of nitrogens with two attached hydrogens (primary N) is 1. The highest BCUT2D eigenvalue weighted by atomic mass is 16.4. The molecule has 0 aliphatic rings. The van der Waals surface area contributed by atoms with E-state index in [4.69, 9.17) is 10.8 Å². The molecule has 0 heterocycles. The molecule has 5 nitrogen and oxygen atoms in total. The number of anilines is 1. The minimum atomic E-state index is -1.03. The first-order valence-electron chi connectivity index (χ1n) is 5.54. The summed E-state index contributed by atoms with van der Waals surface area (Å²) in [5, 5.41) is 11.5. The topological polar surface area (TPSA) is 92.4 Å². The van der Waals surface area contributed by atoms with Crippen LogP contribution in [-0.4, -0.2) is 23.5 Å². The molecule has 0 saturated heterocycles. The number of carbonyl (C=O) groups excluding carboxylic acids is 1. The average molecular weight is 248 g/mol. The number of hydrogen-bond donors (Lipinski definition) is 3. The van der Waals surface area contributed by atoms with E-state index in [9.17, 15) is 9.59 Å². The molecule has 1 amide bonds. The van der Waals surface area contributed by atoms with E-state index in [1.807, 2.05) is 12.2 Å². The molecule has 0 aliphatic carbocycles. The van der Waals surface area contributed by atoms with Gasteiger partial charge in [0.1, 0.15) is 0 Å². The Kier molecular flexibility index (Phi) is 4.92. The molecule has 0 aliphatic heterocycles. The van der Waals surface area contributed by atoms with Crippen LogP contribution in [0.3, 0.4) is 0 Å². The first kappa shape index (κ1) is 13.8. The van der Waals surface area contributed by atoms with Crippen molar-refractivity contribution in [1.29, 1.82) is 0 Å². The number of hydrogen-bond acceptors (Lipinski definition) is 3. The SMILES string of the molecule is CC(=O)NCCC=Cc1ccc(C(=O)O)c(N)c1. The van der Waals surface area contributed by atoms with Crippen LogP contribution in [0.1, 0.15) is 29.3 Å². The normalized spacial score (nSPS) is 10.5. The molecule has 18 heavy (non-hydrogen) atoms. The van der Waals surface area contributed by atoms with Gasteiger partial charge in [0.15, 0.2) is 0 Å². The van der Waals surface area contributed by atoms with Gasteiger partial charge in [-0.15, -0.1) is 0 Å². The molecule has 4 N–H and O–H groups in total. The predicted molar refractivity (Wildman–Crippen MR) is 70.1 cm³/mol. The summed E-state index contributed by atoms with van der Waals surface area (Å²) in [5.74, 6) is -1.09. The van der Waals surface area contributed by atoms with Crippen LogP contribution in [0.5, 0.6) is 0 Å². The second kappa shape index (κ2) is 6.44. The smallest absolute Gasteiger partial charge is 0.337 e. The number of carbonyl (C=O) groups is 2. The lowest BCUT2D eigenvalue weighted by Crippen LogP contribution is -2.20. The maximum Gasteiger partial charge on any atom is 0.337 e. The Balaban J connectivity index is 2.58. The number of carboxylic acid groups (broad SMARTS) is 1. The zero-order valence-corrected chi connectivity index (χ0v) is 10.1. The van der Waals surface area contributed by atoms with Crippen LogP contribution in [0.2, 0.25) is 0 Å². The third kappa shape index (κ3) is 4.29. The maximum absolute atomic E-state index is 10.8. The third-order valence-corrected chi connectivity index (χ3v) is 2.30. The lowest BCUT2D eigenvalue weighted by atomic mass is 10.1. The van der Waals surface area contributed by atoms with Gasteiger partial charge in [-0.1, -0.05) is 18.2 Å². The molecule has 0 saturated carbocycles. The molecular weight excluding hydrogens is 232 g/mol. The maximum atomic E-state index is 10.8. The Morgan fingerprint density at radius 3 is 2.72 bits per heavy atom. The van der Waals surface area contributed by atoms with Crippen LogP contribution in [-0.2, 0) is 4.79 Å². The lowest BCUT2D eigenvalue weighted by Gasteiger charge is -2.02. The Bertz CT molecular complexity index is 481. The number of nitrogens with one attached hydrogen (secondary N) is 1. The van der Waals surface area contributed by atoms with E-state index < -0.39 is 5.97 Å². The highest BCUT2D eigenvalue weighted by Crippen LogP contribution is 2.15. The van der Waals surface area contributed by atoms with Crippen molar-refractivity contribution < 1.29 is 14.7 Å². The molecule has 96 valence electrons. The molecule has 1 rings (SSSR count). The Labute approximate surface area is 105 Å². The monoisotopic (exact) mass is 248 g/mol. The second-order valence-electron chi connectivity index (χ2n) is 3.83. The molecule has 1 aromatic rings. The zero-order chi connectivity index (χ0) is 13.5. The summed E-state index contributed by atoms with van der Waals surface area (Å²) < 4.78 is 0. The van der Waals surface area contributed by atoms with Crippen molar-refractivity contribution in [2.24, 2.45) is 0 Å². The van der Waals surface area contributed by atoms with E-state index in [-0.39, 0.29) is 17.2 Å². The number of aromatic carboxylic acids is 1. The van der Waals surface area contributed by atoms with Gasteiger partial charge in [0.05, 0.1) is 5.56 Å². The first-order chi connectivity index (χ1) is 8.50. The number of benzene rings is 1. The number of rotatable bonds is 5. The Morgan fingerprint density at radius 1 is 1.44 bits per heavy atom. The van der Waals surface area contributed by atoms with Gasteiger partial charge in [-0.2, -0.15) is 0 Å². The molecule has 0 aromatic heterocycles. The fourth-order valence-corrected chi connectivity index (χ4v) is 1.43. The largest absolute Gasteiger partial charge is 0.478 e. The Morgan fingerprint density at radius 2 is 2.17 bits per heavy atom. The van der Waals surface area contributed by atoms with Crippen LogP contribution < -0.4 is 11.1 Å². The van der Waals surface area contributed by atoms with Gasteiger partial charge >= 0.3 is 5.97 Å². The van der Waals surface area contributed by atoms with Crippen molar-refractivity contribution in [2.45, 2.75) is 13.3 Å². The molecule has 0 spiro atoms. The molecule has 5 heteroatoms. The fraction of sp³-hybridized carbons (Fsp3) is 0.231. The van der Waals surface area contributed by atoms with Gasteiger partial charge in [0.25, 0.3) is 0 Å². The second-order valence-corrected chi connectivity index (χ2v) is 3.83. The molecule has 1 aromatic carbocycles. The van der Waals surface area contributed by atoms with E-state index in [0.717, 1.165) is 5.56 Å². The van der Waals surface area contributed by atoms with Crippen LogP contribution in [0, 0.1) is 0 Å². The summed E-state index contributed by atoms with van der Waals surface area (Å²) >= 11 is 0. The fourth-order valence-electron chi connectivity index (χ4n) is 1.43. The molecule has 0 radical (unpaired) electrons. The summed E-state index contributed by atoms with van der Waals surface area (Å²) in [6, 6.07) is 4.78. The van der Waals surface area contributed by atoms with Gasteiger partial charge in [0, 0.05) is 19.2 Å². The highest BCUT2D eigenvalue weighted by molar-refractivity contribution is 5.94. The van der Waals surface area contributed by atoms with Crippen molar-refractivity contribution >= 4 is 23.6 Å². The van der Waals surface area contributed by atoms with E-state index in [1.54, 1.807) is 12.1 Å². The zero-order valence-electron chi connectivity index (χ0n) is 10.1. The minimum absolute atomic E-state index is 0.0570. The van der Waals surface area contributed by atoms with E-state index in [2.05, 4.69) is 5.32 Å². The summed E-state index contributed by atoms with van der Waals surface area (Å²) in [7, 11) is 0. The van der Waals surface area contributed by atoms with Crippen LogP contribution in [0.15, 0.2) is 24.3 Å². The van der Waals surface area contributed by atoms with Crippen molar-refractivity contribution in [3.63, 3.8) is 0 Å². The first-order valence-corrected chi connectivity index (χ1v) is 5.54. The standard InChI is InChI=1S/C13H16N2O3/c1-9(16)15-7-3-2-4-10-5-6-11(13(17)18)12(14)8-10/h2,4-6,8H,3,7,14H2,1H3,(H,15,16)(H,17,18). The molecule has 0 atom stereocenters. The van der Waals surface area contributed by atoms with Gasteiger partial charge in [-0.05, 0) is 24.1 Å². The minimum Gasteiger partial charge on any atom is -0.478 e. The molecule has 0 unspecified atom stereocenters. The Hall–Kier alpha value is -2.30. The third-order valence-electron chi connectivity index (χ3n) is 2.30. The summed E-state index contributed by atoms with van der Waals surface area (Å²) in [4.78, 5) is 21.4. The number of nitrogen functional groups attached to an aromatic ring is 1. The molecular formula is C13H16N2O3. The van der Waals surface area contributed by atoms with Crippen molar-refractivity contribution in [1.82, 2.24) is 5.32 Å². The number of carboxylic acids is 1. The average Bonchev–Trinajstić information content (AvgIpc) is 2.27. The quantitative estimate of drug-likeness (QED) is 0.544. The predicted octanol–water partition coefficient (Wildman–Crippen LogP) is 1.51. The number of amides is 1. The van der Waals surface area contributed by atoms with Gasteiger partial charge < -0.3 is 16.2 Å². The summed E-state index contributed by atoms with van der Waals surface area (Å²) in [5.41, 5.74) is 6.80. The lowest BCUT2D eigenvalue weighted by molar-refractivity contribution is -0.118. The molecule has 0 bridgehead atoms. The van der Waals surface area contributed by atoms with E-state index >= 15 is 0 Å². The van der Waals surface area contributed by atoms with Crippen molar-refractivity contribution in [2.75, 3.05) is 12.3 Å². The van der Waals surface area contributed by atoms with Gasteiger partial charge in [-0.25, -0.2) is 4.79 Å². The van der Waals surface area contributed by atoms with Crippen LogP contribution in [0.25, 0.3) is 6.08 Å². The van der Waals surface area contributed by atoms with Gasteiger partial charge in [-0.3, -0.25) is 4.79 Å². The van der Waals surface area contributed by atoms with E-state index in [0.29, 0.717) is 13.0 Å². The van der Waals surface area contributed by atoms with Crippen LogP contribution >= 0.6 is 0 Å². The van der Waals surface area contributed by atoms with Crippen molar-refractivity contribution in [3.8, 4) is 0 Å². The summed E-state index contributed by atoms with van der Waals surface area (Å²) in [6.07, 6.45) is 4.44. The molecule has 0 fully saturated rings. The van der Waals surface area contributed by atoms with Crippen molar-refractivity contribution in [3.05, 3.63) is 35.4 Å². The summed E-state index contributed by atoms with van der Waals surface area (Å²) in [6.45, 7) is 2.05. The van der Waals surface area contributed by atoms with Gasteiger partial charge in [0.2, 0.25) is 5.91 Å².